The second-order valence-electron chi connectivity index (χ2n) is 4.52. The van der Waals surface area contributed by atoms with E-state index >= 15 is 0 Å². The molecule has 1 aromatic rings. The summed E-state index contributed by atoms with van der Waals surface area (Å²) in [7, 11) is 0. The van der Waals surface area contributed by atoms with E-state index in [4.69, 9.17) is 4.74 Å². The number of hydrogen-bond donors (Lipinski definition) is 1. The maximum atomic E-state index is 13.0. The molecule has 1 saturated heterocycles. The highest BCUT2D eigenvalue weighted by Gasteiger charge is 2.40. The Morgan fingerprint density at radius 1 is 1.28 bits per heavy atom. The molecule has 0 radical (unpaired) electrons. The standard InChI is InChI=1S/C13H16F3NO/c14-13(15,16)12(11-4-2-1-3-5-11)17-8-10-6-7-18-9-10/h1-5,10,12,17H,6-9H2. The molecule has 1 heterocycles. The number of nitrogens with one attached hydrogen (secondary N) is 1. The third-order valence-electron chi connectivity index (χ3n) is 3.09. The van der Waals surface area contributed by atoms with Crippen LogP contribution in [0.2, 0.25) is 0 Å². The first-order chi connectivity index (χ1) is 8.57. The molecule has 5 heteroatoms. The molecule has 0 aliphatic carbocycles. The molecule has 100 valence electrons. The SMILES string of the molecule is FC(F)(F)C(NCC1CCOC1)c1ccccc1. The van der Waals surface area contributed by atoms with Crippen LogP contribution in [-0.4, -0.2) is 25.9 Å². The Kier molecular flexibility index (Phi) is 4.24. The van der Waals surface area contributed by atoms with Crippen molar-refractivity contribution >= 4 is 0 Å². The summed E-state index contributed by atoms with van der Waals surface area (Å²) >= 11 is 0. The molecule has 1 fully saturated rings. The minimum atomic E-state index is -4.28. The largest absolute Gasteiger partial charge is 0.407 e. The molecule has 2 rings (SSSR count). The second kappa shape index (κ2) is 5.71. The lowest BCUT2D eigenvalue weighted by molar-refractivity contribution is -0.158. The highest BCUT2D eigenvalue weighted by molar-refractivity contribution is 5.20. The Morgan fingerprint density at radius 3 is 2.56 bits per heavy atom. The maximum Gasteiger partial charge on any atom is 0.407 e. The van der Waals surface area contributed by atoms with Gasteiger partial charge < -0.3 is 10.1 Å². The van der Waals surface area contributed by atoms with Gasteiger partial charge in [-0.05, 0) is 17.9 Å². The second-order valence-corrected chi connectivity index (χ2v) is 4.52. The van der Waals surface area contributed by atoms with Crippen molar-refractivity contribution in [3.63, 3.8) is 0 Å². The van der Waals surface area contributed by atoms with E-state index in [0.29, 0.717) is 19.8 Å². The van der Waals surface area contributed by atoms with Gasteiger partial charge in [0.25, 0.3) is 0 Å². The van der Waals surface area contributed by atoms with Gasteiger partial charge in [0.2, 0.25) is 0 Å². The lowest BCUT2D eigenvalue weighted by Gasteiger charge is -2.23. The van der Waals surface area contributed by atoms with Crippen LogP contribution in [0.1, 0.15) is 18.0 Å². The predicted molar refractivity (Wildman–Crippen MR) is 62.2 cm³/mol. The zero-order chi connectivity index (χ0) is 13.0. The summed E-state index contributed by atoms with van der Waals surface area (Å²) in [5.74, 6) is 0.179. The third-order valence-corrected chi connectivity index (χ3v) is 3.09. The summed E-state index contributed by atoms with van der Waals surface area (Å²) in [4.78, 5) is 0. The van der Waals surface area contributed by atoms with Gasteiger partial charge in [0.15, 0.2) is 0 Å². The molecule has 0 amide bonds. The normalized spacial score (nSPS) is 22.1. The Morgan fingerprint density at radius 2 is 2.00 bits per heavy atom. The predicted octanol–water partition coefficient (Wildman–Crippen LogP) is 2.92. The van der Waals surface area contributed by atoms with Crippen molar-refractivity contribution in [2.45, 2.75) is 18.6 Å². The van der Waals surface area contributed by atoms with E-state index in [9.17, 15) is 13.2 Å². The van der Waals surface area contributed by atoms with Crippen LogP contribution in [0.25, 0.3) is 0 Å². The molecular formula is C13H16F3NO. The van der Waals surface area contributed by atoms with Crippen molar-refractivity contribution < 1.29 is 17.9 Å². The van der Waals surface area contributed by atoms with Crippen molar-refractivity contribution in [2.24, 2.45) is 5.92 Å². The minimum Gasteiger partial charge on any atom is -0.381 e. The first kappa shape index (κ1) is 13.4. The summed E-state index contributed by atoms with van der Waals surface area (Å²) < 4.78 is 44.1. The van der Waals surface area contributed by atoms with Crippen molar-refractivity contribution in [3.8, 4) is 0 Å². The molecule has 1 aliphatic rings. The monoisotopic (exact) mass is 259 g/mol. The van der Waals surface area contributed by atoms with Crippen molar-refractivity contribution in [1.29, 1.82) is 0 Å². The first-order valence-corrected chi connectivity index (χ1v) is 6.00. The van der Waals surface area contributed by atoms with Gasteiger partial charge >= 0.3 is 6.18 Å². The number of alkyl halides is 3. The molecule has 0 saturated carbocycles. The van der Waals surface area contributed by atoms with Crippen molar-refractivity contribution in [2.75, 3.05) is 19.8 Å². The van der Waals surface area contributed by atoms with Crippen molar-refractivity contribution in [3.05, 3.63) is 35.9 Å². The number of benzene rings is 1. The highest BCUT2D eigenvalue weighted by atomic mass is 19.4. The van der Waals surface area contributed by atoms with E-state index in [-0.39, 0.29) is 11.5 Å². The van der Waals surface area contributed by atoms with E-state index in [0.717, 1.165) is 6.42 Å². The number of hydrogen-bond acceptors (Lipinski definition) is 2. The minimum absolute atomic E-state index is 0.179. The van der Waals surface area contributed by atoms with Crippen LogP contribution in [0.3, 0.4) is 0 Å². The molecule has 2 nitrogen and oxygen atoms in total. The van der Waals surface area contributed by atoms with Crippen LogP contribution in [0.5, 0.6) is 0 Å². The maximum absolute atomic E-state index is 13.0. The zero-order valence-corrected chi connectivity index (χ0v) is 9.91. The van der Waals surface area contributed by atoms with Gasteiger partial charge in [-0.1, -0.05) is 30.3 Å². The first-order valence-electron chi connectivity index (χ1n) is 6.00. The van der Waals surface area contributed by atoms with Gasteiger partial charge in [-0.3, -0.25) is 0 Å². The molecular weight excluding hydrogens is 243 g/mol. The Bertz CT molecular complexity index is 360. The van der Waals surface area contributed by atoms with E-state index in [1.54, 1.807) is 18.2 Å². The Labute approximate surface area is 104 Å². The van der Waals surface area contributed by atoms with E-state index < -0.39 is 12.2 Å². The number of ether oxygens (including phenoxy) is 1. The smallest absolute Gasteiger partial charge is 0.381 e. The molecule has 0 aromatic heterocycles. The van der Waals surface area contributed by atoms with Gasteiger partial charge in [0, 0.05) is 13.2 Å². The van der Waals surface area contributed by atoms with Crippen LogP contribution in [0.4, 0.5) is 13.2 Å². The van der Waals surface area contributed by atoms with Crippen LogP contribution < -0.4 is 5.32 Å². The molecule has 1 aliphatic heterocycles. The van der Waals surface area contributed by atoms with Crippen molar-refractivity contribution in [1.82, 2.24) is 5.32 Å². The van der Waals surface area contributed by atoms with Gasteiger partial charge in [-0.2, -0.15) is 13.2 Å². The molecule has 1 N–H and O–H groups in total. The Hall–Kier alpha value is -1.07. The fraction of sp³-hybridized carbons (Fsp3) is 0.538. The van der Waals surface area contributed by atoms with E-state index in [2.05, 4.69) is 5.32 Å². The van der Waals surface area contributed by atoms with Crippen LogP contribution in [0.15, 0.2) is 30.3 Å². The van der Waals surface area contributed by atoms with Crippen LogP contribution in [0, 0.1) is 5.92 Å². The summed E-state index contributed by atoms with van der Waals surface area (Å²) in [5.41, 5.74) is 0.254. The molecule has 18 heavy (non-hydrogen) atoms. The molecule has 0 bridgehead atoms. The van der Waals surface area contributed by atoms with E-state index in [1.807, 2.05) is 0 Å². The molecule has 2 unspecified atom stereocenters. The van der Waals surface area contributed by atoms with Gasteiger partial charge in [-0.15, -0.1) is 0 Å². The summed E-state index contributed by atoms with van der Waals surface area (Å²) in [5, 5.41) is 2.61. The fourth-order valence-corrected chi connectivity index (χ4v) is 2.10. The summed E-state index contributed by atoms with van der Waals surface area (Å²) in [6.07, 6.45) is -3.45. The van der Waals surface area contributed by atoms with Gasteiger partial charge in [-0.25, -0.2) is 0 Å². The molecule has 0 spiro atoms. The fourth-order valence-electron chi connectivity index (χ4n) is 2.10. The van der Waals surface area contributed by atoms with Gasteiger partial charge in [0.05, 0.1) is 6.61 Å². The third kappa shape index (κ3) is 3.46. The van der Waals surface area contributed by atoms with Crippen LogP contribution in [-0.2, 0) is 4.74 Å². The average Bonchev–Trinajstić information content (AvgIpc) is 2.82. The molecule has 2 atom stereocenters. The Balaban J connectivity index is 2.01. The quantitative estimate of drug-likeness (QED) is 0.897. The topological polar surface area (TPSA) is 21.3 Å². The lowest BCUT2D eigenvalue weighted by Crippen LogP contribution is -2.37. The average molecular weight is 259 g/mol. The molecule has 1 aromatic carbocycles. The summed E-state index contributed by atoms with van der Waals surface area (Å²) in [6, 6.07) is 6.34. The summed E-state index contributed by atoms with van der Waals surface area (Å²) in [6.45, 7) is 1.53. The van der Waals surface area contributed by atoms with Crippen LogP contribution >= 0.6 is 0 Å². The zero-order valence-electron chi connectivity index (χ0n) is 9.91. The lowest BCUT2D eigenvalue weighted by atomic mass is 10.0. The van der Waals surface area contributed by atoms with E-state index in [1.165, 1.54) is 12.1 Å². The number of halogens is 3. The highest BCUT2D eigenvalue weighted by Crippen LogP contribution is 2.32. The van der Waals surface area contributed by atoms with Gasteiger partial charge in [0.1, 0.15) is 6.04 Å². The number of rotatable bonds is 4.